The van der Waals surface area contributed by atoms with Gasteiger partial charge in [-0.3, -0.25) is 4.68 Å². The molecule has 0 bridgehead atoms. The molecule has 0 saturated carbocycles. The lowest BCUT2D eigenvalue weighted by Gasteiger charge is -2.17. The molecule has 0 saturated heterocycles. The van der Waals surface area contributed by atoms with Crippen LogP contribution in [-0.4, -0.2) is 16.3 Å². The van der Waals surface area contributed by atoms with Gasteiger partial charge in [0.25, 0.3) is 0 Å². The summed E-state index contributed by atoms with van der Waals surface area (Å²) >= 11 is 0. The van der Waals surface area contributed by atoms with E-state index in [9.17, 15) is 0 Å². The Morgan fingerprint density at radius 1 is 1.43 bits per heavy atom. The highest BCUT2D eigenvalue weighted by atomic mass is 15.3. The minimum absolute atomic E-state index is 0.116. The first kappa shape index (κ1) is 11.2. The summed E-state index contributed by atoms with van der Waals surface area (Å²) in [6, 6.07) is 0. The summed E-state index contributed by atoms with van der Waals surface area (Å²) in [5.74, 6) is 0. The highest BCUT2D eigenvalue weighted by Gasteiger charge is 2.21. The van der Waals surface area contributed by atoms with Gasteiger partial charge in [-0.1, -0.05) is 20.8 Å². The van der Waals surface area contributed by atoms with Crippen LogP contribution in [0.15, 0.2) is 6.20 Å². The van der Waals surface area contributed by atoms with E-state index in [1.165, 1.54) is 11.3 Å². The summed E-state index contributed by atoms with van der Waals surface area (Å²) in [6.45, 7) is 10.3. The van der Waals surface area contributed by atoms with Crippen molar-refractivity contribution in [2.75, 3.05) is 6.54 Å². The Morgan fingerprint density at radius 2 is 2.07 bits per heavy atom. The molecule has 3 heteroatoms. The molecule has 0 unspecified atom stereocenters. The van der Waals surface area contributed by atoms with Crippen LogP contribution < -0.4 is 5.73 Å². The van der Waals surface area contributed by atoms with Crippen LogP contribution in [0.3, 0.4) is 0 Å². The van der Waals surface area contributed by atoms with Gasteiger partial charge in [-0.05, 0) is 25.5 Å². The normalized spacial score (nSPS) is 12.1. The zero-order valence-electron chi connectivity index (χ0n) is 9.67. The zero-order valence-corrected chi connectivity index (χ0v) is 9.67. The maximum atomic E-state index is 5.59. The van der Waals surface area contributed by atoms with Gasteiger partial charge in [0.05, 0.1) is 5.69 Å². The molecular weight excluding hydrogens is 174 g/mol. The van der Waals surface area contributed by atoms with Crippen molar-refractivity contribution in [1.82, 2.24) is 9.78 Å². The van der Waals surface area contributed by atoms with Gasteiger partial charge < -0.3 is 5.73 Å². The zero-order chi connectivity index (χ0) is 10.8. The molecule has 0 aliphatic rings. The van der Waals surface area contributed by atoms with Gasteiger partial charge in [-0.15, -0.1) is 0 Å². The first-order chi connectivity index (χ1) is 6.49. The fraction of sp³-hybridized carbons (Fsp3) is 0.727. The smallest absolute Gasteiger partial charge is 0.0710 e. The predicted octanol–water partition coefficient (Wildman–Crippen LogP) is 1.70. The molecule has 1 aromatic rings. The molecule has 0 amide bonds. The van der Waals surface area contributed by atoms with Crippen LogP contribution in [-0.2, 0) is 18.4 Å². The molecule has 0 aliphatic heterocycles. The van der Waals surface area contributed by atoms with Gasteiger partial charge in [0.2, 0.25) is 0 Å². The molecule has 0 aliphatic carbocycles. The minimum atomic E-state index is 0.116. The monoisotopic (exact) mass is 195 g/mol. The third-order valence-corrected chi connectivity index (χ3v) is 2.29. The molecule has 0 radical (unpaired) electrons. The van der Waals surface area contributed by atoms with E-state index in [1.807, 2.05) is 4.68 Å². The second-order valence-corrected chi connectivity index (χ2v) is 4.65. The average Bonchev–Trinajstić information content (AvgIpc) is 2.48. The summed E-state index contributed by atoms with van der Waals surface area (Å²) in [4.78, 5) is 0. The molecule has 0 fully saturated rings. The summed E-state index contributed by atoms with van der Waals surface area (Å²) in [5, 5.41) is 4.58. The third kappa shape index (κ3) is 2.35. The molecule has 1 heterocycles. The Kier molecular flexibility index (Phi) is 3.32. The predicted molar refractivity (Wildman–Crippen MR) is 59.4 cm³/mol. The number of rotatable bonds is 3. The van der Waals surface area contributed by atoms with Crippen LogP contribution in [0.5, 0.6) is 0 Å². The highest BCUT2D eigenvalue weighted by molar-refractivity contribution is 5.24. The molecule has 2 N–H and O–H groups in total. The van der Waals surface area contributed by atoms with E-state index in [2.05, 4.69) is 39.0 Å². The third-order valence-electron chi connectivity index (χ3n) is 2.29. The maximum Gasteiger partial charge on any atom is 0.0710 e. The number of hydrogen-bond donors (Lipinski definition) is 1. The largest absolute Gasteiger partial charge is 0.330 e. The van der Waals surface area contributed by atoms with Crippen molar-refractivity contribution in [2.24, 2.45) is 5.73 Å². The van der Waals surface area contributed by atoms with Crippen molar-refractivity contribution < 1.29 is 0 Å². The average molecular weight is 195 g/mol. The van der Waals surface area contributed by atoms with Gasteiger partial charge in [0.1, 0.15) is 0 Å². The van der Waals surface area contributed by atoms with E-state index < -0.39 is 0 Å². The van der Waals surface area contributed by atoms with Crippen LogP contribution in [0.1, 0.15) is 39.0 Å². The second kappa shape index (κ2) is 4.13. The maximum absolute atomic E-state index is 5.59. The molecule has 14 heavy (non-hydrogen) atoms. The minimum Gasteiger partial charge on any atom is -0.330 e. The molecule has 0 aromatic carbocycles. The summed E-state index contributed by atoms with van der Waals surface area (Å²) in [6.07, 6.45) is 3.04. The Hall–Kier alpha value is -0.830. The van der Waals surface area contributed by atoms with Crippen molar-refractivity contribution in [3.63, 3.8) is 0 Å². The van der Waals surface area contributed by atoms with Gasteiger partial charge in [-0.25, -0.2) is 0 Å². The summed E-state index contributed by atoms with van der Waals surface area (Å²) < 4.78 is 1.99. The number of nitrogens with two attached hydrogens (primary N) is 1. The van der Waals surface area contributed by atoms with Gasteiger partial charge in [-0.2, -0.15) is 5.10 Å². The first-order valence-electron chi connectivity index (χ1n) is 5.26. The van der Waals surface area contributed by atoms with Crippen LogP contribution in [0.4, 0.5) is 0 Å². The van der Waals surface area contributed by atoms with Crippen molar-refractivity contribution in [1.29, 1.82) is 0 Å². The van der Waals surface area contributed by atoms with Crippen molar-refractivity contribution in [2.45, 2.75) is 46.1 Å². The van der Waals surface area contributed by atoms with Crippen molar-refractivity contribution in [3.05, 3.63) is 17.5 Å². The molecule has 0 atom stereocenters. The van der Waals surface area contributed by atoms with Crippen molar-refractivity contribution >= 4 is 0 Å². The second-order valence-electron chi connectivity index (χ2n) is 4.65. The molecule has 1 aromatic heterocycles. The molecule has 3 nitrogen and oxygen atoms in total. The van der Waals surface area contributed by atoms with E-state index in [0.717, 1.165) is 13.0 Å². The number of hydrogen-bond acceptors (Lipinski definition) is 2. The molecule has 1 rings (SSSR count). The SMILES string of the molecule is CCn1cc(CCN)c(C(C)(C)C)n1. The van der Waals surface area contributed by atoms with Gasteiger partial charge >= 0.3 is 0 Å². The van der Waals surface area contributed by atoms with E-state index in [1.54, 1.807) is 0 Å². The lowest BCUT2D eigenvalue weighted by Crippen LogP contribution is -2.16. The lowest BCUT2D eigenvalue weighted by molar-refractivity contribution is 0.537. The van der Waals surface area contributed by atoms with E-state index in [0.29, 0.717) is 6.54 Å². The van der Waals surface area contributed by atoms with Gasteiger partial charge in [0, 0.05) is 18.2 Å². The fourth-order valence-electron chi connectivity index (χ4n) is 1.59. The Bertz CT molecular complexity index is 294. The molecule has 0 spiro atoms. The first-order valence-corrected chi connectivity index (χ1v) is 5.26. The quantitative estimate of drug-likeness (QED) is 0.797. The van der Waals surface area contributed by atoms with Crippen LogP contribution in [0, 0.1) is 0 Å². The van der Waals surface area contributed by atoms with Gasteiger partial charge in [0.15, 0.2) is 0 Å². The Labute approximate surface area is 86.3 Å². The Morgan fingerprint density at radius 3 is 2.50 bits per heavy atom. The highest BCUT2D eigenvalue weighted by Crippen LogP contribution is 2.24. The van der Waals surface area contributed by atoms with Crippen LogP contribution in [0.25, 0.3) is 0 Å². The fourth-order valence-corrected chi connectivity index (χ4v) is 1.59. The van der Waals surface area contributed by atoms with E-state index in [4.69, 9.17) is 5.73 Å². The van der Waals surface area contributed by atoms with Crippen molar-refractivity contribution in [3.8, 4) is 0 Å². The standard InChI is InChI=1S/C11H21N3/c1-5-14-8-9(6-7-12)10(13-14)11(2,3)4/h8H,5-7,12H2,1-4H3. The molecular formula is C11H21N3. The molecule has 80 valence electrons. The summed E-state index contributed by atoms with van der Waals surface area (Å²) in [5.41, 5.74) is 8.18. The van der Waals surface area contributed by atoms with Crippen LogP contribution >= 0.6 is 0 Å². The van der Waals surface area contributed by atoms with Crippen LogP contribution in [0.2, 0.25) is 0 Å². The number of aromatic nitrogens is 2. The number of aryl methyl sites for hydroxylation is 1. The van der Waals surface area contributed by atoms with E-state index in [-0.39, 0.29) is 5.41 Å². The summed E-state index contributed by atoms with van der Waals surface area (Å²) in [7, 11) is 0. The van der Waals surface area contributed by atoms with E-state index >= 15 is 0 Å². The topological polar surface area (TPSA) is 43.8 Å². The number of nitrogens with zero attached hydrogens (tertiary/aromatic N) is 2. The Balaban J connectivity index is 3.06. The lowest BCUT2D eigenvalue weighted by atomic mass is 9.89.